The van der Waals surface area contributed by atoms with Gasteiger partial charge in [0.15, 0.2) is 10.8 Å². The number of ether oxygens (including phenoxy) is 3. The third-order valence-electron chi connectivity index (χ3n) is 3.16. The molecule has 0 bridgehead atoms. The molecule has 1 saturated carbocycles. The topological polar surface area (TPSA) is 71.5 Å². The third kappa shape index (κ3) is 1.22. The van der Waals surface area contributed by atoms with E-state index in [0.29, 0.717) is 0 Å². The lowest BCUT2D eigenvalue weighted by Crippen LogP contribution is -2.55. The monoisotopic (exact) mass is 236 g/mol. The van der Waals surface area contributed by atoms with Crippen LogP contribution in [0.5, 0.6) is 0 Å². The van der Waals surface area contributed by atoms with Crippen LogP contribution < -0.4 is 0 Å². The Kier molecular flexibility index (Phi) is 1.82. The molecule has 2 heterocycles. The molecule has 3 rings (SSSR count). The minimum absolute atomic E-state index is 0.399. The Morgan fingerprint density at radius 2 is 1.67 bits per heavy atom. The average Bonchev–Trinajstić information content (AvgIpc) is 2.71. The van der Waals surface area contributed by atoms with Crippen molar-refractivity contribution in [2.75, 3.05) is 0 Å². The first-order valence-electron chi connectivity index (χ1n) is 4.94. The molecule has 2 saturated heterocycles. The molecule has 1 aliphatic carbocycles. The fraction of sp³-hybridized carbons (Fsp3) is 1.00. The van der Waals surface area contributed by atoms with Crippen LogP contribution in [-0.2, 0) is 14.2 Å². The number of hydrogen-bond acceptors (Lipinski definition) is 5. The predicted octanol–water partition coefficient (Wildman–Crippen LogP) is -0.424. The van der Waals surface area contributed by atoms with E-state index in [1.165, 1.54) is 0 Å². The fourth-order valence-corrected chi connectivity index (χ4v) is 2.77. The van der Waals surface area contributed by atoms with Gasteiger partial charge < -0.3 is 24.4 Å². The van der Waals surface area contributed by atoms with Crippen LogP contribution in [0.4, 0.5) is 0 Å². The second-order valence-corrected chi connectivity index (χ2v) is 5.33. The van der Waals surface area contributed by atoms with Crippen molar-refractivity contribution in [1.29, 1.82) is 0 Å². The summed E-state index contributed by atoms with van der Waals surface area (Å²) >= 11 is 5.98. The van der Waals surface area contributed by atoms with Gasteiger partial charge >= 0.3 is 0 Å². The third-order valence-corrected chi connectivity index (χ3v) is 3.69. The van der Waals surface area contributed by atoms with Gasteiger partial charge in [-0.05, 0) is 13.8 Å². The second-order valence-electron chi connectivity index (χ2n) is 4.74. The first-order chi connectivity index (χ1) is 6.85. The molecule has 0 unspecified atom stereocenters. The molecule has 3 aliphatic rings. The van der Waals surface area contributed by atoms with E-state index in [-0.39, 0.29) is 0 Å². The van der Waals surface area contributed by atoms with Gasteiger partial charge in [-0.3, -0.25) is 0 Å². The molecule has 86 valence electrons. The number of alkyl halides is 1. The lowest BCUT2D eigenvalue weighted by Gasteiger charge is -2.31. The van der Waals surface area contributed by atoms with Gasteiger partial charge in [-0.15, -0.1) is 0 Å². The van der Waals surface area contributed by atoms with Gasteiger partial charge in [0.25, 0.3) is 0 Å². The quantitative estimate of drug-likeness (QED) is 0.441. The molecule has 0 aromatic heterocycles. The summed E-state index contributed by atoms with van der Waals surface area (Å²) in [6, 6.07) is 0. The molecule has 3 fully saturated rings. The smallest absolute Gasteiger partial charge is 0.199 e. The van der Waals surface area contributed by atoms with Crippen LogP contribution in [0.3, 0.4) is 0 Å². The summed E-state index contributed by atoms with van der Waals surface area (Å²) in [5.74, 6) is -0.774. The SMILES string of the molecule is CC1(C)O[C@H]2[C@H](O)[C@H](O)[C@@]3(Cl)O[C@H]3[C@H]2O1. The number of hydrogen-bond donors (Lipinski definition) is 2. The summed E-state index contributed by atoms with van der Waals surface area (Å²) < 4.78 is 16.3. The molecule has 2 aliphatic heterocycles. The zero-order valence-electron chi connectivity index (χ0n) is 8.38. The summed E-state index contributed by atoms with van der Waals surface area (Å²) in [6.07, 6.45) is -3.59. The summed E-state index contributed by atoms with van der Waals surface area (Å²) in [7, 11) is 0. The van der Waals surface area contributed by atoms with E-state index >= 15 is 0 Å². The van der Waals surface area contributed by atoms with E-state index in [9.17, 15) is 10.2 Å². The molecule has 6 atom stereocenters. The fourth-order valence-electron chi connectivity index (χ4n) is 2.42. The predicted molar refractivity (Wildman–Crippen MR) is 49.3 cm³/mol. The van der Waals surface area contributed by atoms with Gasteiger partial charge in [0.2, 0.25) is 0 Å². The van der Waals surface area contributed by atoms with Crippen molar-refractivity contribution in [3.63, 3.8) is 0 Å². The van der Waals surface area contributed by atoms with Gasteiger partial charge in [0.1, 0.15) is 30.5 Å². The molecule has 5 nitrogen and oxygen atoms in total. The zero-order valence-corrected chi connectivity index (χ0v) is 9.14. The van der Waals surface area contributed by atoms with Crippen LogP contribution in [-0.4, -0.2) is 51.6 Å². The Labute approximate surface area is 91.9 Å². The van der Waals surface area contributed by atoms with Crippen molar-refractivity contribution in [1.82, 2.24) is 0 Å². The number of halogens is 1. The van der Waals surface area contributed by atoms with Crippen molar-refractivity contribution >= 4 is 11.6 Å². The maximum absolute atomic E-state index is 9.82. The number of rotatable bonds is 0. The van der Waals surface area contributed by atoms with E-state index in [1.807, 2.05) is 0 Å². The highest BCUT2D eigenvalue weighted by molar-refractivity contribution is 6.25. The molecule has 15 heavy (non-hydrogen) atoms. The summed E-state index contributed by atoms with van der Waals surface area (Å²) in [5.41, 5.74) is 0. The van der Waals surface area contributed by atoms with Gasteiger partial charge in [0.05, 0.1) is 0 Å². The first kappa shape index (κ1) is 10.3. The molecule has 0 aromatic carbocycles. The molecule has 0 radical (unpaired) electrons. The van der Waals surface area contributed by atoms with Crippen molar-refractivity contribution in [3.05, 3.63) is 0 Å². The number of epoxide rings is 1. The van der Waals surface area contributed by atoms with Crippen LogP contribution in [0, 0.1) is 0 Å². The minimum atomic E-state index is -1.19. The Balaban J connectivity index is 1.91. The lowest BCUT2D eigenvalue weighted by molar-refractivity contribution is -0.163. The molecule has 2 N–H and O–H groups in total. The van der Waals surface area contributed by atoms with Crippen LogP contribution in [0.25, 0.3) is 0 Å². The van der Waals surface area contributed by atoms with Crippen molar-refractivity contribution in [3.8, 4) is 0 Å². The summed E-state index contributed by atoms with van der Waals surface area (Å²) in [5, 5.41) is 18.4. The number of aliphatic hydroxyl groups is 2. The Hall–Kier alpha value is 0.0900. The highest BCUT2D eigenvalue weighted by Crippen LogP contribution is 2.55. The normalized spacial score (nSPS) is 61.0. The second kappa shape index (κ2) is 2.67. The molecular formula is C9H13ClO5. The maximum atomic E-state index is 9.82. The molecule has 0 aromatic rings. The lowest BCUT2D eigenvalue weighted by atomic mass is 9.89. The average molecular weight is 237 g/mol. The number of fused-ring (bicyclic) bond motifs is 3. The van der Waals surface area contributed by atoms with Crippen molar-refractivity contribution in [2.24, 2.45) is 0 Å². The Morgan fingerprint density at radius 1 is 1.07 bits per heavy atom. The first-order valence-corrected chi connectivity index (χ1v) is 5.31. The molecule has 0 amide bonds. The number of aliphatic hydroxyl groups excluding tert-OH is 2. The van der Waals surface area contributed by atoms with Crippen LogP contribution in [0.15, 0.2) is 0 Å². The van der Waals surface area contributed by atoms with Crippen LogP contribution in [0.2, 0.25) is 0 Å². The van der Waals surface area contributed by atoms with Gasteiger partial charge in [-0.25, -0.2) is 0 Å². The molecular weight excluding hydrogens is 224 g/mol. The van der Waals surface area contributed by atoms with Crippen molar-refractivity contribution in [2.45, 2.75) is 55.2 Å². The van der Waals surface area contributed by atoms with E-state index in [1.54, 1.807) is 13.8 Å². The van der Waals surface area contributed by atoms with Gasteiger partial charge in [0, 0.05) is 0 Å². The van der Waals surface area contributed by atoms with Crippen molar-refractivity contribution < 1.29 is 24.4 Å². The highest BCUT2D eigenvalue weighted by atomic mass is 35.5. The minimum Gasteiger partial charge on any atom is -0.387 e. The standard InChI is InChI=1S/C9H13ClO5/c1-8(2)13-4-3(11)6(12)9(10)7(15-9)5(4)14-8/h3-7,11-12H,1-2H3/t3-,4-,5-,6-,7-,9+/m0/s1. The van der Waals surface area contributed by atoms with Crippen LogP contribution in [0.1, 0.15) is 13.8 Å². The van der Waals surface area contributed by atoms with E-state index < -0.39 is 41.4 Å². The van der Waals surface area contributed by atoms with Crippen LogP contribution >= 0.6 is 11.6 Å². The van der Waals surface area contributed by atoms with Gasteiger partial charge in [-0.1, -0.05) is 11.6 Å². The van der Waals surface area contributed by atoms with E-state index in [2.05, 4.69) is 0 Å². The maximum Gasteiger partial charge on any atom is 0.199 e. The molecule has 6 heteroatoms. The summed E-state index contributed by atoms with van der Waals surface area (Å²) in [6.45, 7) is 3.51. The van der Waals surface area contributed by atoms with E-state index in [4.69, 9.17) is 25.8 Å². The van der Waals surface area contributed by atoms with Gasteiger partial charge in [-0.2, -0.15) is 0 Å². The Bertz CT molecular complexity index is 301. The Morgan fingerprint density at radius 3 is 2.33 bits per heavy atom. The molecule has 0 spiro atoms. The van der Waals surface area contributed by atoms with E-state index in [0.717, 1.165) is 0 Å². The zero-order chi connectivity index (χ0) is 11.0. The highest BCUT2D eigenvalue weighted by Gasteiger charge is 2.74. The largest absolute Gasteiger partial charge is 0.387 e. The summed E-state index contributed by atoms with van der Waals surface area (Å²) in [4.78, 5) is 0.